The van der Waals surface area contributed by atoms with E-state index in [4.69, 9.17) is 9.47 Å². The minimum atomic E-state index is 0.0819. The van der Waals surface area contributed by atoms with Crippen LogP contribution in [0.15, 0.2) is 43.1 Å². The third-order valence-electron chi connectivity index (χ3n) is 5.35. The molecule has 4 rings (SSSR count). The summed E-state index contributed by atoms with van der Waals surface area (Å²) >= 11 is 0. The standard InChI is InChI=1S/C20H24N2O3/c1-2-10-24-13-16-4-6-18-19(16)25-11-9-22(18)20(23)15-3-5-17-14(12-15)7-8-21-17/h2-3,5,7-8,12,16,18-19,21H,1,4,6,9-11,13H2/t16-,18-,19+/m0/s1. The number of nitrogens with zero attached hydrogens (tertiary/aromatic N) is 1. The predicted octanol–water partition coefficient (Wildman–Crippen LogP) is 2.99. The van der Waals surface area contributed by atoms with E-state index in [1.165, 1.54) is 0 Å². The maximum atomic E-state index is 13.1. The van der Waals surface area contributed by atoms with E-state index in [1.54, 1.807) is 6.08 Å². The molecular weight excluding hydrogens is 316 g/mol. The first-order valence-electron chi connectivity index (χ1n) is 8.96. The second-order valence-corrected chi connectivity index (χ2v) is 6.84. The molecule has 1 saturated carbocycles. The Hall–Kier alpha value is -2.11. The van der Waals surface area contributed by atoms with Crippen LogP contribution in [-0.4, -0.2) is 54.3 Å². The lowest BCUT2D eigenvalue weighted by molar-refractivity contribution is -0.0738. The Morgan fingerprint density at radius 1 is 1.40 bits per heavy atom. The molecule has 1 saturated heterocycles. The smallest absolute Gasteiger partial charge is 0.254 e. The van der Waals surface area contributed by atoms with Crippen molar-refractivity contribution in [2.24, 2.45) is 5.92 Å². The quantitative estimate of drug-likeness (QED) is 0.672. The second-order valence-electron chi connectivity index (χ2n) is 6.84. The van der Waals surface area contributed by atoms with Gasteiger partial charge in [0, 0.05) is 35.1 Å². The van der Waals surface area contributed by atoms with Crippen LogP contribution in [0.2, 0.25) is 0 Å². The second kappa shape index (κ2) is 7.02. The van der Waals surface area contributed by atoms with Crippen molar-refractivity contribution in [1.29, 1.82) is 0 Å². The lowest BCUT2D eigenvalue weighted by Crippen LogP contribution is -2.53. The molecule has 1 aromatic carbocycles. The van der Waals surface area contributed by atoms with Crippen LogP contribution in [0.25, 0.3) is 10.9 Å². The molecule has 0 spiro atoms. The van der Waals surface area contributed by atoms with E-state index in [-0.39, 0.29) is 18.1 Å². The maximum Gasteiger partial charge on any atom is 0.254 e. The van der Waals surface area contributed by atoms with Gasteiger partial charge in [-0.2, -0.15) is 0 Å². The highest BCUT2D eigenvalue weighted by Gasteiger charge is 2.44. The molecule has 132 valence electrons. The number of amides is 1. The molecule has 2 aromatic rings. The normalized spacial score (nSPS) is 25.9. The van der Waals surface area contributed by atoms with Crippen molar-refractivity contribution < 1.29 is 14.3 Å². The molecule has 25 heavy (non-hydrogen) atoms. The monoisotopic (exact) mass is 340 g/mol. The minimum absolute atomic E-state index is 0.0819. The summed E-state index contributed by atoms with van der Waals surface area (Å²) in [6.45, 7) is 6.17. The molecule has 1 N–H and O–H groups in total. The Bertz CT molecular complexity index is 769. The Kier molecular flexibility index (Phi) is 4.59. The Morgan fingerprint density at radius 2 is 2.32 bits per heavy atom. The lowest BCUT2D eigenvalue weighted by atomic mass is 10.0. The number of nitrogens with one attached hydrogen (secondary N) is 1. The van der Waals surface area contributed by atoms with Crippen molar-refractivity contribution in [3.63, 3.8) is 0 Å². The van der Waals surface area contributed by atoms with Crippen LogP contribution in [0, 0.1) is 5.92 Å². The maximum absolute atomic E-state index is 13.1. The first kappa shape index (κ1) is 16.4. The summed E-state index contributed by atoms with van der Waals surface area (Å²) in [6.07, 6.45) is 5.76. The molecule has 2 fully saturated rings. The summed E-state index contributed by atoms with van der Waals surface area (Å²) in [5.74, 6) is 0.460. The number of aromatic amines is 1. The Balaban J connectivity index is 1.50. The zero-order valence-electron chi connectivity index (χ0n) is 14.3. The molecule has 3 atom stereocenters. The van der Waals surface area contributed by atoms with Gasteiger partial charge in [0.05, 0.1) is 32.0 Å². The van der Waals surface area contributed by atoms with Crippen LogP contribution in [-0.2, 0) is 9.47 Å². The van der Waals surface area contributed by atoms with Gasteiger partial charge in [-0.15, -0.1) is 6.58 Å². The van der Waals surface area contributed by atoms with Crippen molar-refractivity contribution in [1.82, 2.24) is 9.88 Å². The number of hydrogen-bond donors (Lipinski definition) is 1. The van der Waals surface area contributed by atoms with E-state index in [0.29, 0.717) is 32.3 Å². The zero-order chi connectivity index (χ0) is 17.2. The van der Waals surface area contributed by atoms with Gasteiger partial charge in [0.1, 0.15) is 0 Å². The first-order valence-corrected chi connectivity index (χ1v) is 8.96. The number of carbonyl (C=O) groups is 1. The molecule has 5 nitrogen and oxygen atoms in total. The molecular formula is C20H24N2O3. The minimum Gasteiger partial charge on any atom is -0.377 e. The van der Waals surface area contributed by atoms with Crippen LogP contribution in [0.3, 0.4) is 0 Å². The summed E-state index contributed by atoms with van der Waals surface area (Å²) in [7, 11) is 0. The highest BCUT2D eigenvalue weighted by molar-refractivity contribution is 5.98. The molecule has 1 aromatic heterocycles. The van der Waals surface area contributed by atoms with Gasteiger partial charge in [-0.1, -0.05) is 6.08 Å². The molecule has 1 amide bonds. The van der Waals surface area contributed by atoms with Gasteiger partial charge in [-0.3, -0.25) is 4.79 Å². The van der Waals surface area contributed by atoms with Crippen LogP contribution in [0.5, 0.6) is 0 Å². The van der Waals surface area contributed by atoms with E-state index < -0.39 is 0 Å². The fourth-order valence-corrected chi connectivity index (χ4v) is 4.15. The van der Waals surface area contributed by atoms with Crippen molar-refractivity contribution >= 4 is 16.8 Å². The lowest BCUT2D eigenvalue weighted by Gasteiger charge is -2.39. The number of aromatic nitrogens is 1. The summed E-state index contributed by atoms with van der Waals surface area (Å²) in [4.78, 5) is 18.3. The number of rotatable bonds is 5. The van der Waals surface area contributed by atoms with Gasteiger partial charge in [0.25, 0.3) is 5.91 Å². The fourth-order valence-electron chi connectivity index (χ4n) is 4.15. The summed E-state index contributed by atoms with van der Waals surface area (Å²) < 4.78 is 11.6. The van der Waals surface area contributed by atoms with E-state index in [1.807, 2.05) is 35.4 Å². The number of benzene rings is 1. The van der Waals surface area contributed by atoms with Crippen molar-refractivity contribution in [2.75, 3.05) is 26.4 Å². The number of morpholine rings is 1. The Labute approximate surface area is 147 Å². The molecule has 0 bridgehead atoms. The number of carbonyl (C=O) groups excluding carboxylic acids is 1. The molecule has 5 heteroatoms. The topological polar surface area (TPSA) is 54.6 Å². The largest absolute Gasteiger partial charge is 0.377 e. The van der Waals surface area contributed by atoms with E-state index in [2.05, 4.69) is 11.6 Å². The molecule has 0 unspecified atom stereocenters. The van der Waals surface area contributed by atoms with Gasteiger partial charge in [0.2, 0.25) is 0 Å². The zero-order valence-corrected chi connectivity index (χ0v) is 14.3. The molecule has 1 aliphatic heterocycles. The molecule has 2 aliphatic rings. The van der Waals surface area contributed by atoms with E-state index in [0.717, 1.165) is 29.3 Å². The van der Waals surface area contributed by atoms with Gasteiger partial charge in [-0.05, 0) is 37.1 Å². The third kappa shape index (κ3) is 3.10. The van der Waals surface area contributed by atoms with E-state index >= 15 is 0 Å². The fraction of sp³-hybridized carbons (Fsp3) is 0.450. The van der Waals surface area contributed by atoms with E-state index in [9.17, 15) is 4.79 Å². The SMILES string of the molecule is C=CCOC[C@@H]1CC[C@H]2[C@@H]1OCCN2C(=O)c1ccc2[nH]ccc2c1. The van der Waals surface area contributed by atoms with Gasteiger partial charge in [-0.25, -0.2) is 0 Å². The number of ether oxygens (including phenoxy) is 2. The first-order chi connectivity index (χ1) is 12.3. The van der Waals surface area contributed by atoms with Crippen LogP contribution in [0.1, 0.15) is 23.2 Å². The number of hydrogen-bond acceptors (Lipinski definition) is 3. The molecule has 0 radical (unpaired) electrons. The summed E-state index contributed by atoms with van der Waals surface area (Å²) in [5, 5.41) is 1.07. The van der Waals surface area contributed by atoms with Gasteiger partial charge >= 0.3 is 0 Å². The number of fused-ring (bicyclic) bond motifs is 2. The van der Waals surface area contributed by atoms with Gasteiger partial charge < -0.3 is 19.4 Å². The molecule has 2 heterocycles. The average molecular weight is 340 g/mol. The average Bonchev–Trinajstić information content (AvgIpc) is 3.27. The summed E-state index contributed by atoms with van der Waals surface area (Å²) in [5.41, 5.74) is 1.80. The van der Waals surface area contributed by atoms with Crippen LogP contribution < -0.4 is 0 Å². The highest BCUT2D eigenvalue weighted by Crippen LogP contribution is 2.35. The van der Waals surface area contributed by atoms with Crippen LogP contribution >= 0.6 is 0 Å². The number of H-pyrrole nitrogens is 1. The summed E-state index contributed by atoms with van der Waals surface area (Å²) in [6, 6.07) is 8.00. The van der Waals surface area contributed by atoms with Gasteiger partial charge in [0.15, 0.2) is 0 Å². The molecule has 1 aliphatic carbocycles. The van der Waals surface area contributed by atoms with Crippen molar-refractivity contribution in [3.05, 3.63) is 48.7 Å². The van der Waals surface area contributed by atoms with Crippen molar-refractivity contribution in [2.45, 2.75) is 25.0 Å². The predicted molar refractivity (Wildman–Crippen MR) is 96.6 cm³/mol. The third-order valence-corrected chi connectivity index (χ3v) is 5.35. The van der Waals surface area contributed by atoms with Crippen molar-refractivity contribution in [3.8, 4) is 0 Å². The highest BCUT2D eigenvalue weighted by atomic mass is 16.5. The Morgan fingerprint density at radius 3 is 3.20 bits per heavy atom. The van der Waals surface area contributed by atoms with Crippen LogP contribution in [0.4, 0.5) is 0 Å².